The molecular weight excluding hydrogens is 452 g/mol. The first-order valence-electron chi connectivity index (χ1n) is 12.1. The fraction of sp³-hybridized carbons (Fsp3) is 0.542. The number of thiazole rings is 1. The van der Waals surface area contributed by atoms with Crippen LogP contribution < -0.4 is 5.32 Å². The number of likely N-dealkylation sites (tertiary alicyclic amines) is 1. The molecule has 0 bridgehead atoms. The first kappa shape index (κ1) is 21.5. The summed E-state index contributed by atoms with van der Waals surface area (Å²) in [6.07, 6.45) is 11.3. The summed E-state index contributed by atoms with van der Waals surface area (Å²) in [5.74, 6) is 1.58. The third-order valence-corrected chi connectivity index (χ3v) is 8.45. The number of hydrogen-bond acceptors (Lipinski definition) is 7. The van der Waals surface area contributed by atoms with Gasteiger partial charge in [-0.05, 0) is 45.1 Å². The Kier molecular flexibility index (Phi) is 5.28. The van der Waals surface area contributed by atoms with Gasteiger partial charge in [-0.1, -0.05) is 19.3 Å². The van der Waals surface area contributed by atoms with Gasteiger partial charge in [0.1, 0.15) is 17.8 Å². The quantitative estimate of drug-likeness (QED) is 0.569. The Morgan fingerprint density at radius 2 is 2.09 bits per heavy atom. The highest BCUT2D eigenvalue weighted by atomic mass is 32.1. The summed E-state index contributed by atoms with van der Waals surface area (Å²) in [6, 6.07) is 1.67. The van der Waals surface area contributed by atoms with Gasteiger partial charge in [0, 0.05) is 28.9 Å². The van der Waals surface area contributed by atoms with Crippen LogP contribution in [0.2, 0.25) is 0 Å². The van der Waals surface area contributed by atoms with Crippen molar-refractivity contribution in [1.82, 2.24) is 30.4 Å². The van der Waals surface area contributed by atoms with Crippen molar-refractivity contribution in [1.29, 1.82) is 0 Å². The number of H-pyrrole nitrogens is 1. The van der Waals surface area contributed by atoms with Crippen LogP contribution in [0.5, 0.6) is 0 Å². The van der Waals surface area contributed by atoms with E-state index in [-0.39, 0.29) is 23.4 Å². The van der Waals surface area contributed by atoms with Crippen LogP contribution in [-0.2, 0) is 0 Å². The summed E-state index contributed by atoms with van der Waals surface area (Å²) >= 11 is 1.44. The molecule has 1 saturated heterocycles. The minimum Gasteiger partial charge on any atom is -0.468 e. The van der Waals surface area contributed by atoms with Gasteiger partial charge in [0.05, 0.1) is 11.8 Å². The van der Waals surface area contributed by atoms with Crippen LogP contribution in [0.1, 0.15) is 88.8 Å². The van der Waals surface area contributed by atoms with Crippen molar-refractivity contribution >= 4 is 23.2 Å². The molecule has 2 aliphatic carbocycles. The molecule has 2 amide bonds. The van der Waals surface area contributed by atoms with Gasteiger partial charge in [-0.2, -0.15) is 5.10 Å². The molecule has 1 atom stereocenters. The zero-order chi connectivity index (χ0) is 23.3. The Labute approximate surface area is 201 Å². The summed E-state index contributed by atoms with van der Waals surface area (Å²) < 4.78 is 5.60. The van der Waals surface area contributed by atoms with Crippen molar-refractivity contribution in [2.24, 2.45) is 0 Å². The topological polar surface area (TPSA) is 117 Å². The lowest BCUT2D eigenvalue weighted by molar-refractivity contribution is 0.0494. The lowest BCUT2D eigenvalue weighted by atomic mass is 9.79. The Morgan fingerprint density at radius 1 is 1.26 bits per heavy atom. The van der Waals surface area contributed by atoms with Crippen molar-refractivity contribution in [2.45, 2.75) is 75.8 Å². The molecule has 3 fully saturated rings. The van der Waals surface area contributed by atoms with Crippen molar-refractivity contribution in [3.63, 3.8) is 0 Å². The number of carbonyl (C=O) groups is 2. The fourth-order valence-corrected chi connectivity index (χ4v) is 6.54. The van der Waals surface area contributed by atoms with E-state index in [4.69, 9.17) is 4.42 Å². The van der Waals surface area contributed by atoms with Crippen molar-refractivity contribution in [2.75, 3.05) is 6.54 Å². The van der Waals surface area contributed by atoms with Gasteiger partial charge in [-0.15, -0.1) is 11.3 Å². The number of amides is 2. The van der Waals surface area contributed by atoms with Gasteiger partial charge in [0.15, 0.2) is 10.8 Å². The third kappa shape index (κ3) is 3.73. The maximum absolute atomic E-state index is 13.8. The van der Waals surface area contributed by atoms with Gasteiger partial charge in [-0.3, -0.25) is 14.7 Å². The molecule has 0 radical (unpaired) electrons. The summed E-state index contributed by atoms with van der Waals surface area (Å²) in [6.45, 7) is 2.42. The van der Waals surface area contributed by atoms with Crippen molar-refractivity contribution in [3.8, 4) is 10.8 Å². The minimum absolute atomic E-state index is 0.0554. The summed E-state index contributed by atoms with van der Waals surface area (Å²) in [5.41, 5.74) is 0.877. The van der Waals surface area contributed by atoms with E-state index in [1.54, 1.807) is 12.3 Å². The minimum atomic E-state index is -0.231. The number of furan rings is 1. The predicted octanol–water partition coefficient (Wildman–Crippen LogP) is 4.05. The normalized spacial score (nSPS) is 21.8. The second-order valence-electron chi connectivity index (χ2n) is 9.81. The van der Waals surface area contributed by atoms with Gasteiger partial charge < -0.3 is 14.6 Å². The molecule has 0 aromatic carbocycles. The van der Waals surface area contributed by atoms with Crippen molar-refractivity contribution in [3.05, 3.63) is 40.6 Å². The van der Waals surface area contributed by atoms with E-state index in [0.717, 1.165) is 55.6 Å². The van der Waals surface area contributed by atoms with Crippen molar-refractivity contribution < 1.29 is 14.0 Å². The molecule has 3 aromatic heterocycles. The molecule has 2 N–H and O–H groups in total. The molecule has 2 saturated carbocycles. The van der Waals surface area contributed by atoms with E-state index in [1.807, 2.05) is 11.8 Å². The fourth-order valence-electron chi connectivity index (χ4n) is 5.69. The van der Waals surface area contributed by atoms with Crippen LogP contribution >= 0.6 is 11.3 Å². The van der Waals surface area contributed by atoms with E-state index in [0.29, 0.717) is 34.6 Å². The second-order valence-corrected chi connectivity index (χ2v) is 11.0. The Bertz CT molecular complexity index is 1210. The van der Waals surface area contributed by atoms with Gasteiger partial charge in [0.2, 0.25) is 0 Å². The first-order valence-corrected chi connectivity index (χ1v) is 12.9. The van der Waals surface area contributed by atoms with Crippen LogP contribution in [0.25, 0.3) is 10.8 Å². The average Bonchev–Trinajstić information content (AvgIpc) is 3.24. The molecular formula is C24H28N6O3S. The van der Waals surface area contributed by atoms with Gasteiger partial charge in [0.25, 0.3) is 11.8 Å². The maximum atomic E-state index is 13.8. The molecule has 9 nitrogen and oxygen atoms in total. The predicted molar refractivity (Wildman–Crippen MR) is 126 cm³/mol. The summed E-state index contributed by atoms with van der Waals surface area (Å²) in [7, 11) is 0. The number of carbonyl (C=O) groups excluding carboxylic acids is 2. The highest BCUT2D eigenvalue weighted by Crippen LogP contribution is 2.44. The Hall–Kier alpha value is -3.01. The molecule has 1 aliphatic heterocycles. The smallest absolute Gasteiger partial charge is 0.274 e. The Morgan fingerprint density at radius 3 is 2.82 bits per heavy atom. The van der Waals surface area contributed by atoms with E-state index >= 15 is 0 Å². The second kappa shape index (κ2) is 8.33. The van der Waals surface area contributed by atoms with Crippen LogP contribution in [0.4, 0.5) is 0 Å². The van der Waals surface area contributed by atoms with Crippen LogP contribution in [0.15, 0.2) is 23.1 Å². The number of aryl methyl sites for hydroxylation is 1. The monoisotopic (exact) mass is 480 g/mol. The van der Waals surface area contributed by atoms with E-state index in [2.05, 4.69) is 25.5 Å². The highest BCUT2D eigenvalue weighted by molar-refractivity contribution is 7.15. The molecule has 4 heterocycles. The number of nitrogens with zero attached hydrogens (tertiary/aromatic N) is 4. The third-order valence-electron chi connectivity index (χ3n) is 7.47. The zero-order valence-electron chi connectivity index (χ0n) is 19.2. The van der Waals surface area contributed by atoms with Gasteiger partial charge in [-0.25, -0.2) is 9.97 Å². The van der Waals surface area contributed by atoms with E-state index in [9.17, 15) is 9.59 Å². The molecule has 1 spiro atoms. The summed E-state index contributed by atoms with van der Waals surface area (Å²) in [4.78, 5) is 38.6. The van der Waals surface area contributed by atoms with Gasteiger partial charge >= 0.3 is 0 Å². The average molecular weight is 481 g/mol. The zero-order valence-corrected chi connectivity index (χ0v) is 20.0. The SMILES string of the molecule is Cc1sc(-c2ncn[nH]2)nc1C(=O)N1CC(NC(=O)c2ccoc2C2CC2)CC12CCCCC2. The number of nitrogens with one attached hydrogen (secondary N) is 2. The van der Waals surface area contributed by atoms with Crippen LogP contribution in [0, 0.1) is 6.92 Å². The highest BCUT2D eigenvalue weighted by Gasteiger charge is 2.49. The molecule has 3 aliphatic rings. The van der Waals surface area contributed by atoms with Crippen LogP contribution in [0.3, 0.4) is 0 Å². The molecule has 3 aromatic rings. The lowest BCUT2D eigenvalue weighted by Crippen LogP contribution is -2.48. The van der Waals surface area contributed by atoms with Crippen LogP contribution in [-0.4, -0.2) is 55.0 Å². The lowest BCUT2D eigenvalue weighted by Gasteiger charge is -2.41. The molecule has 34 heavy (non-hydrogen) atoms. The van der Waals surface area contributed by atoms with E-state index < -0.39 is 0 Å². The standard InChI is InChI=1S/C24H28N6O3S/c1-14-18(28-22(34-14)20-25-13-26-29-20)23(32)30-12-16(11-24(30)8-3-2-4-9-24)27-21(31)17-7-10-33-19(17)15-5-6-15/h7,10,13,15-16H,2-6,8-9,11-12H2,1H3,(H,27,31)(H,25,26,29). The summed E-state index contributed by atoms with van der Waals surface area (Å²) in [5, 5.41) is 10.6. The number of hydrogen-bond donors (Lipinski definition) is 2. The molecule has 1 unspecified atom stereocenters. The largest absolute Gasteiger partial charge is 0.468 e. The number of aromatic amines is 1. The number of aromatic nitrogens is 4. The molecule has 6 rings (SSSR count). The number of rotatable bonds is 5. The molecule has 10 heteroatoms. The molecule has 178 valence electrons. The van der Waals surface area contributed by atoms with E-state index in [1.165, 1.54) is 24.1 Å². The first-order chi connectivity index (χ1) is 16.5. The maximum Gasteiger partial charge on any atom is 0.274 e. The Balaban J connectivity index is 1.25.